The van der Waals surface area contributed by atoms with Crippen LogP contribution in [0.4, 0.5) is 11.5 Å². The van der Waals surface area contributed by atoms with E-state index in [0.29, 0.717) is 46.7 Å². The highest BCUT2D eigenvalue weighted by atomic mass is 16.2. The maximum atomic E-state index is 12.5. The minimum absolute atomic E-state index is 0.0169. The highest BCUT2D eigenvalue weighted by Crippen LogP contribution is 2.29. The van der Waals surface area contributed by atoms with Gasteiger partial charge in [-0.25, -0.2) is 4.98 Å². The Balaban J connectivity index is 1.54. The molecule has 1 amide bonds. The van der Waals surface area contributed by atoms with Gasteiger partial charge in [0.05, 0.1) is 11.3 Å². The van der Waals surface area contributed by atoms with Crippen LogP contribution in [-0.2, 0) is 6.42 Å². The second-order valence-corrected chi connectivity index (χ2v) is 8.37. The van der Waals surface area contributed by atoms with Crippen molar-refractivity contribution in [2.24, 2.45) is 0 Å². The number of ketones is 1. The second kappa shape index (κ2) is 10.1. The molecule has 0 saturated carbocycles. The Bertz CT molecular complexity index is 1380. The van der Waals surface area contributed by atoms with Crippen LogP contribution in [0.1, 0.15) is 32.8 Å². The van der Waals surface area contributed by atoms with Crippen LogP contribution in [0.25, 0.3) is 22.4 Å². The van der Waals surface area contributed by atoms with Crippen molar-refractivity contribution in [1.82, 2.24) is 19.9 Å². The van der Waals surface area contributed by atoms with E-state index < -0.39 is 0 Å². The van der Waals surface area contributed by atoms with E-state index in [9.17, 15) is 9.59 Å². The van der Waals surface area contributed by atoms with Gasteiger partial charge in [-0.05, 0) is 54.4 Å². The zero-order chi connectivity index (χ0) is 24.9. The number of anilines is 2. The molecule has 3 heterocycles. The fraction of sp³-hybridized carbons (Fsp3) is 0.148. The average molecular weight is 467 g/mol. The molecule has 0 radical (unpaired) electrons. The molecule has 0 aliphatic carbocycles. The molecule has 8 heteroatoms. The summed E-state index contributed by atoms with van der Waals surface area (Å²) in [6.07, 6.45) is 5.77. The summed E-state index contributed by atoms with van der Waals surface area (Å²) >= 11 is 0. The number of aromatic nitrogens is 3. The summed E-state index contributed by atoms with van der Waals surface area (Å²) < 4.78 is 0. The van der Waals surface area contributed by atoms with E-state index in [4.69, 9.17) is 11.5 Å². The molecule has 0 bridgehead atoms. The number of amides is 1. The van der Waals surface area contributed by atoms with E-state index in [0.717, 1.165) is 16.8 Å². The summed E-state index contributed by atoms with van der Waals surface area (Å²) in [6.45, 7) is 0. The van der Waals surface area contributed by atoms with Gasteiger partial charge in [-0.1, -0.05) is 12.1 Å². The average Bonchev–Trinajstić information content (AvgIpc) is 2.87. The largest absolute Gasteiger partial charge is 0.399 e. The highest BCUT2D eigenvalue weighted by molar-refractivity contribution is 5.97. The molecule has 0 saturated heterocycles. The second-order valence-electron chi connectivity index (χ2n) is 8.37. The van der Waals surface area contributed by atoms with Gasteiger partial charge in [0.2, 0.25) is 0 Å². The van der Waals surface area contributed by atoms with Gasteiger partial charge in [0.15, 0.2) is 5.78 Å². The summed E-state index contributed by atoms with van der Waals surface area (Å²) in [5, 5.41) is 0. The fourth-order valence-electron chi connectivity index (χ4n) is 3.67. The van der Waals surface area contributed by atoms with Gasteiger partial charge >= 0.3 is 0 Å². The van der Waals surface area contributed by atoms with E-state index >= 15 is 0 Å². The summed E-state index contributed by atoms with van der Waals surface area (Å²) in [4.78, 5) is 39.3. The summed E-state index contributed by atoms with van der Waals surface area (Å²) in [6, 6.07) is 16.2. The number of rotatable bonds is 7. The molecule has 0 aliphatic rings. The number of aryl methyl sites for hydroxylation is 1. The van der Waals surface area contributed by atoms with Crippen molar-refractivity contribution in [3.8, 4) is 22.4 Å². The fourth-order valence-corrected chi connectivity index (χ4v) is 3.67. The van der Waals surface area contributed by atoms with Crippen molar-refractivity contribution in [3.05, 3.63) is 90.0 Å². The van der Waals surface area contributed by atoms with E-state index in [2.05, 4.69) is 15.0 Å². The van der Waals surface area contributed by atoms with Crippen LogP contribution in [0.15, 0.2) is 73.2 Å². The maximum absolute atomic E-state index is 12.5. The van der Waals surface area contributed by atoms with Crippen LogP contribution in [-0.4, -0.2) is 45.6 Å². The van der Waals surface area contributed by atoms with Gasteiger partial charge in [-0.15, -0.1) is 0 Å². The first-order valence-corrected chi connectivity index (χ1v) is 11.1. The highest BCUT2D eigenvalue weighted by Gasteiger charge is 2.13. The number of hydrogen-bond donors (Lipinski definition) is 2. The topological polar surface area (TPSA) is 128 Å². The SMILES string of the molecule is CN(C)C(=O)c1ccc(-c2cc(-c3ccnc(CCC(=O)c4cccc(N)c4)c3)cnc2N)nc1. The Labute approximate surface area is 203 Å². The Morgan fingerprint density at radius 2 is 1.69 bits per heavy atom. The first kappa shape index (κ1) is 23.6. The van der Waals surface area contributed by atoms with Crippen molar-refractivity contribution in [1.29, 1.82) is 0 Å². The zero-order valence-electron chi connectivity index (χ0n) is 19.6. The number of carbonyl (C=O) groups is 2. The van der Waals surface area contributed by atoms with E-state index in [-0.39, 0.29) is 11.7 Å². The number of carbonyl (C=O) groups excluding carboxylic acids is 2. The molecule has 0 spiro atoms. The molecule has 0 fully saturated rings. The third-order valence-corrected chi connectivity index (χ3v) is 5.58. The molecule has 8 nitrogen and oxygen atoms in total. The third kappa shape index (κ3) is 5.50. The van der Waals surface area contributed by atoms with Gasteiger partial charge in [0.25, 0.3) is 5.91 Å². The summed E-state index contributed by atoms with van der Waals surface area (Å²) in [5.74, 6) is 0.237. The molecular formula is C27H26N6O2. The first-order chi connectivity index (χ1) is 16.8. The minimum Gasteiger partial charge on any atom is -0.399 e. The molecule has 4 rings (SSSR count). The van der Waals surface area contributed by atoms with Gasteiger partial charge in [0, 0.05) is 67.2 Å². The van der Waals surface area contributed by atoms with E-state index in [1.165, 1.54) is 11.1 Å². The number of pyridine rings is 3. The predicted molar refractivity (Wildman–Crippen MR) is 137 cm³/mol. The van der Waals surface area contributed by atoms with Crippen LogP contribution in [0.2, 0.25) is 0 Å². The number of benzene rings is 1. The Morgan fingerprint density at radius 1 is 0.857 bits per heavy atom. The van der Waals surface area contributed by atoms with Crippen molar-refractivity contribution in [3.63, 3.8) is 0 Å². The standard InChI is InChI=1S/C27H26N6O2/c1-33(2)27(35)19-6-8-24(31-15-19)23-14-20(16-32-26(23)29)17-10-11-30-22(13-17)7-9-25(34)18-4-3-5-21(28)12-18/h3-6,8,10-16H,7,9,28H2,1-2H3,(H2,29,32). The molecule has 35 heavy (non-hydrogen) atoms. The van der Waals surface area contributed by atoms with Gasteiger partial charge < -0.3 is 16.4 Å². The molecule has 1 aromatic carbocycles. The minimum atomic E-state index is -0.123. The number of nitrogens with zero attached hydrogens (tertiary/aromatic N) is 4. The van der Waals surface area contributed by atoms with Crippen LogP contribution in [0, 0.1) is 0 Å². The van der Waals surface area contributed by atoms with Crippen LogP contribution in [0.3, 0.4) is 0 Å². The van der Waals surface area contributed by atoms with Crippen molar-refractivity contribution in [2.75, 3.05) is 25.6 Å². The quantitative estimate of drug-likeness (QED) is 0.312. The lowest BCUT2D eigenvalue weighted by molar-refractivity contribution is 0.0827. The maximum Gasteiger partial charge on any atom is 0.254 e. The Kier molecular flexibility index (Phi) is 6.82. The molecule has 176 valence electrons. The van der Waals surface area contributed by atoms with Crippen LogP contribution >= 0.6 is 0 Å². The van der Waals surface area contributed by atoms with Crippen molar-refractivity contribution in [2.45, 2.75) is 12.8 Å². The van der Waals surface area contributed by atoms with Gasteiger partial charge in [-0.3, -0.25) is 19.6 Å². The number of Topliss-reactive ketones (excluding diaryl/α,β-unsaturated/α-hetero) is 1. The lowest BCUT2D eigenvalue weighted by atomic mass is 10.0. The number of nitrogen functional groups attached to an aromatic ring is 2. The third-order valence-electron chi connectivity index (χ3n) is 5.58. The number of nitrogens with two attached hydrogens (primary N) is 2. The Hall–Kier alpha value is -4.59. The summed E-state index contributed by atoms with van der Waals surface area (Å²) in [5.41, 5.74) is 17.4. The van der Waals surface area contributed by atoms with Crippen LogP contribution in [0.5, 0.6) is 0 Å². The number of hydrogen-bond acceptors (Lipinski definition) is 7. The molecule has 0 atom stereocenters. The molecule has 4 aromatic rings. The zero-order valence-corrected chi connectivity index (χ0v) is 19.6. The van der Waals surface area contributed by atoms with Crippen LogP contribution < -0.4 is 11.5 Å². The molecular weight excluding hydrogens is 440 g/mol. The van der Waals surface area contributed by atoms with Gasteiger partial charge in [0.1, 0.15) is 5.82 Å². The van der Waals surface area contributed by atoms with Crippen molar-refractivity contribution >= 4 is 23.2 Å². The molecule has 3 aromatic heterocycles. The molecule has 0 unspecified atom stereocenters. The summed E-state index contributed by atoms with van der Waals surface area (Å²) in [7, 11) is 3.39. The lowest BCUT2D eigenvalue weighted by Gasteiger charge is -2.11. The lowest BCUT2D eigenvalue weighted by Crippen LogP contribution is -2.21. The first-order valence-electron chi connectivity index (χ1n) is 11.1. The predicted octanol–water partition coefficient (Wildman–Crippen LogP) is 3.89. The van der Waals surface area contributed by atoms with E-state index in [1.807, 2.05) is 18.2 Å². The normalized spacial score (nSPS) is 10.7. The molecule has 0 aliphatic heterocycles. The molecule has 4 N–H and O–H groups in total. The Morgan fingerprint density at radius 3 is 2.40 bits per heavy atom. The van der Waals surface area contributed by atoms with Gasteiger partial charge in [-0.2, -0.15) is 0 Å². The van der Waals surface area contributed by atoms with E-state index in [1.54, 1.807) is 62.9 Å². The monoisotopic (exact) mass is 466 g/mol. The smallest absolute Gasteiger partial charge is 0.254 e. The van der Waals surface area contributed by atoms with Crippen molar-refractivity contribution < 1.29 is 9.59 Å².